The van der Waals surface area contributed by atoms with E-state index in [2.05, 4.69) is 15.9 Å². The van der Waals surface area contributed by atoms with E-state index in [-0.39, 0.29) is 21.6 Å². The van der Waals surface area contributed by atoms with Crippen molar-refractivity contribution < 1.29 is 13.9 Å². The topological polar surface area (TPSA) is 20.2 Å². The molecule has 94 valence electrons. The van der Waals surface area contributed by atoms with Gasteiger partial charge in [-0.2, -0.15) is 0 Å². The molecular formula is C13H15BrF2O. The van der Waals surface area contributed by atoms with E-state index in [0.717, 1.165) is 6.42 Å². The molecule has 0 radical (unpaired) electrons. The fourth-order valence-corrected chi connectivity index (χ4v) is 2.98. The summed E-state index contributed by atoms with van der Waals surface area (Å²) in [5.41, 5.74) is -0.0852. The normalized spacial score (nSPS) is 28.6. The zero-order valence-corrected chi connectivity index (χ0v) is 11.2. The number of hydrogen-bond acceptors (Lipinski definition) is 1. The minimum absolute atomic E-state index is 0.121. The Hall–Kier alpha value is -0.480. The number of aliphatic hydroxyl groups excluding tert-OH is 1. The van der Waals surface area contributed by atoms with Crippen LogP contribution in [0.2, 0.25) is 0 Å². The van der Waals surface area contributed by atoms with Crippen LogP contribution in [-0.2, 0) is 6.42 Å². The van der Waals surface area contributed by atoms with Crippen LogP contribution in [0.25, 0.3) is 0 Å². The lowest BCUT2D eigenvalue weighted by Gasteiger charge is -2.24. The zero-order valence-electron chi connectivity index (χ0n) is 9.64. The van der Waals surface area contributed by atoms with Crippen molar-refractivity contribution in [2.75, 3.05) is 0 Å². The summed E-state index contributed by atoms with van der Waals surface area (Å²) in [4.78, 5) is 0. The molecular weight excluding hydrogens is 290 g/mol. The maximum atomic E-state index is 13.8. The van der Waals surface area contributed by atoms with Gasteiger partial charge in [-0.3, -0.25) is 0 Å². The lowest BCUT2D eigenvalue weighted by atomic mass is 9.82. The smallest absolute Gasteiger partial charge is 0.143 e. The number of hydrogen-bond donors (Lipinski definition) is 1. The molecule has 1 saturated carbocycles. The van der Waals surface area contributed by atoms with Gasteiger partial charge in [-0.05, 0) is 59.2 Å². The van der Waals surface area contributed by atoms with Gasteiger partial charge in [0.15, 0.2) is 0 Å². The number of aliphatic hydroxyl groups is 1. The third-order valence-electron chi connectivity index (χ3n) is 3.55. The molecule has 0 bridgehead atoms. The minimum Gasteiger partial charge on any atom is -0.393 e. The highest BCUT2D eigenvalue weighted by Crippen LogP contribution is 2.41. The van der Waals surface area contributed by atoms with Gasteiger partial charge in [0.2, 0.25) is 0 Å². The van der Waals surface area contributed by atoms with Crippen LogP contribution in [0.1, 0.15) is 31.7 Å². The van der Waals surface area contributed by atoms with Gasteiger partial charge in [-0.1, -0.05) is 6.92 Å². The molecule has 2 rings (SSSR count). The van der Waals surface area contributed by atoms with Gasteiger partial charge >= 0.3 is 0 Å². The first-order chi connectivity index (χ1) is 7.91. The van der Waals surface area contributed by atoms with Crippen LogP contribution in [0, 0.1) is 17.0 Å². The molecule has 0 spiro atoms. The van der Waals surface area contributed by atoms with Gasteiger partial charge in [-0.25, -0.2) is 8.78 Å². The molecule has 4 heteroatoms. The summed E-state index contributed by atoms with van der Waals surface area (Å²) in [6, 6.07) is 2.65. The average molecular weight is 305 g/mol. The first-order valence-corrected chi connectivity index (χ1v) is 6.51. The van der Waals surface area contributed by atoms with E-state index in [1.165, 1.54) is 12.1 Å². The fraction of sp³-hybridized carbons (Fsp3) is 0.538. The van der Waals surface area contributed by atoms with Crippen molar-refractivity contribution in [2.24, 2.45) is 5.41 Å². The molecule has 1 aromatic rings. The quantitative estimate of drug-likeness (QED) is 0.824. The van der Waals surface area contributed by atoms with E-state index < -0.39 is 11.6 Å². The molecule has 1 N–H and O–H groups in total. The summed E-state index contributed by atoms with van der Waals surface area (Å²) in [6.07, 6.45) is 2.13. The zero-order chi connectivity index (χ0) is 12.6. The first kappa shape index (κ1) is 13.0. The van der Waals surface area contributed by atoms with Crippen molar-refractivity contribution in [3.63, 3.8) is 0 Å². The summed E-state index contributed by atoms with van der Waals surface area (Å²) in [6.45, 7) is 1.98. The highest BCUT2D eigenvalue weighted by molar-refractivity contribution is 9.10. The summed E-state index contributed by atoms with van der Waals surface area (Å²) in [5.74, 6) is -1.03. The van der Waals surface area contributed by atoms with Crippen molar-refractivity contribution in [3.05, 3.63) is 33.8 Å². The first-order valence-electron chi connectivity index (χ1n) is 5.72. The van der Waals surface area contributed by atoms with E-state index in [1.807, 2.05) is 6.92 Å². The Labute approximate surface area is 108 Å². The molecule has 0 aliphatic heterocycles. The minimum atomic E-state index is -0.521. The van der Waals surface area contributed by atoms with Gasteiger partial charge in [0, 0.05) is 5.56 Å². The van der Waals surface area contributed by atoms with Crippen LogP contribution in [0.5, 0.6) is 0 Å². The van der Waals surface area contributed by atoms with Crippen molar-refractivity contribution in [3.8, 4) is 0 Å². The average Bonchev–Trinajstić information content (AvgIpc) is 2.60. The lowest BCUT2D eigenvalue weighted by molar-refractivity contribution is 0.163. The lowest BCUT2D eigenvalue weighted by Crippen LogP contribution is -2.18. The highest BCUT2D eigenvalue weighted by atomic mass is 79.9. The molecule has 1 nitrogen and oxygen atoms in total. The van der Waals surface area contributed by atoms with E-state index >= 15 is 0 Å². The Balaban J connectivity index is 2.27. The molecule has 1 aromatic carbocycles. The van der Waals surface area contributed by atoms with Gasteiger partial charge in [0.25, 0.3) is 0 Å². The van der Waals surface area contributed by atoms with Gasteiger partial charge in [0.05, 0.1) is 10.6 Å². The van der Waals surface area contributed by atoms with Crippen LogP contribution in [0.15, 0.2) is 16.6 Å². The van der Waals surface area contributed by atoms with E-state index in [9.17, 15) is 13.9 Å². The Morgan fingerprint density at radius 2 is 2.18 bits per heavy atom. The Bertz CT molecular complexity index is 436. The molecule has 1 aliphatic rings. The van der Waals surface area contributed by atoms with Crippen molar-refractivity contribution in [1.29, 1.82) is 0 Å². The summed E-state index contributed by atoms with van der Waals surface area (Å²) >= 11 is 3.07. The predicted molar refractivity (Wildman–Crippen MR) is 65.7 cm³/mol. The van der Waals surface area contributed by atoms with Gasteiger partial charge in [0.1, 0.15) is 11.6 Å². The number of benzene rings is 1. The van der Waals surface area contributed by atoms with Crippen LogP contribution >= 0.6 is 15.9 Å². The second-order valence-electron chi connectivity index (χ2n) is 5.21. The van der Waals surface area contributed by atoms with Crippen LogP contribution in [0.4, 0.5) is 8.78 Å². The molecule has 17 heavy (non-hydrogen) atoms. The third kappa shape index (κ3) is 2.68. The fourth-order valence-electron chi connectivity index (χ4n) is 2.61. The van der Waals surface area contributed by atoms with Crippen LogP contribution < -0.4 is 0 Å². The summed E-state index contributed by atoms with van der Waals surface area (Å²) in [5, 5.41) is 9.54. The molecule has 0 saturated heterocycles. The van der Waals surface area contributed by atoms with E-state index in [4.69, 9.17) is 0 Å². The number of rotatable bonds is 2. The molecule has 0 amide bonds. The number of halogens is 3. The van der Waals surface area contributed by atoms with Gasteiger partial charge in [-0.15, -0.1) is 0 Å². The SMILES string of the molecule is CC1(Cc2c(F)ccc(Br)c2F)CCC(O)C1. The second kappa shape index (κ2) is 4.65. The summed E-state index contributed by atoms with van der Waals surface area (Å²) in [7, 11) is 0. The van der Waals surface area contributed by atoms with Gasteiger partial charge < -0.3 is 5.11 Å². The van der Waals surface area contributed by atoms with Crippen LogP contribution in [0.3, 0.4) is 0 Å². The maximum Gasteiger partial charge on any atom is 0.143 e. The van der Waals surface area contributed by atoms with Crippen molar-refractivity contribution >= 4 is 15.9 Å². The Morgan fingerprint density at radius 3 is 2.76 bits per heavy atom. The van der Waals surface area contributed by atoms with Crippen molar-refractivity contribution in [2.45, 2.75) is 38.7 Å². The maximum absolute atomic E-state index is 13.8. The molecule has 0 aromatic heterocycles. The largest absolute Gasteiger partial charge is 0.393 e. The molecule has 2 atom stereocenters. The van der Waals surface area contributed by atoms with E-state index in [0.29, 0.717) is 19.3 Å². The third-order valence-corrected chi connectivity index (χ3v) is 4.16. The monoisotopic (exact) mass is 304 g/mol. The summed E-state index contributed by atoms with van der Waals surface area (Å²) < 4.78 is 27.7. The van der Waals surface area contributed by atoms with E-state index in [1.54, 1.807) is 0 Å². The Morgan fingerprint density at radius 1 is 1.47 bits per heavy atom. The molecule has 1 aliphatic carbocycles. The molecule has 1 fully saturated rings. The molecule has 0 heterocycles. The predicted octanol–water partition coefficient (Wildman–Crippen LogP) is 3.82. The molecule has 2 unspecified atom stereocenters. The second-order valence-corrected chi connectivity index (χ2v) is 6.06. The standard InChI is InChI=1S/C13H15BrF2O/c1-13(5-4-8(17)6-13)7-9-11(15)3-2-10(14)12(9)16/h2-3,8,17H,4-7H2,1H3. The van der Waals surface area contributed by atoms with Crippen LogP contribution in [-0.4, -0.2) is 11.2 Å². The highest BCUT2D eigenvalue weighted by Gasteiger charge is 2.35. The Kier molecular flexibility index (Phi) is 3.55. The van der Waals surface area contributed by atoms with Crippen molar-refractivity contribution in [1.82, 2.24) is 0 Å².